The summed E-state index contributed by atoms with van der Waals surface area (Å²) in [6.07, 6.45) is 0. The summed E-state index contributed by atoms with van der Waals surface area (Å²) < 4.78 is 11.3. The Labute approximate surface area is 119 Å². The van der Waals surface area contributed by atoms with Crippen LogP contribution in [0.4, 0.5) is 0 Å². The minimum absolute atomic E-state index is 0.324. The zero-order valence-electron chi connectivity index (χ0n) is 10.9. The van der Waals surface area contributed by atoms with Crippen LogP contribution in [0.3, 0.4) is 0 Å². The van der Waals surface area contributed by atoms with Gasteiger partial charge in [0, 0.05) is 4.47 Å². The lowest BCUT2D eigenvalue weighted by Crippen LogP contribution is -2.12. The number of carbonyl (C=O) groups is 1. The van der Waals surface area contributed by atoms with Crippen molar-refractivity contribution in [3.63, 3.8) is 0 Å². The number of aromatic nitrogens is 1. The van der Waals surface area contributed by atoms with Gasteiger partial charge in [0.1, 0.15) is 5.76 Å². The number of oxazole rings is 1. The molecule has 0 radical (unpaired) electrons. The third-order valence-corrected chi connectivity index (χ3v) is 3.59. The molecule has 100 valence electrons. The molecule has 1 aromatic heterocycles. The zero-order chi connectivity index (χ0) is 14.0. The second kappa shape index (κ2) is 5.57. The summed E-state index contributed by atoms with van der Waals surface area (Å²) in [5.74, 6) is 0.361. The van der Waals surface area contributed by atoms with Crippen molar-refractivity contribution in [3.05, 3.63) is 40.2 Å². The highest BCUT2D eigenvalue weighted by Gasteiger charge is 2.23. The van der Waals surface area contributed by atoms with Crippen molar-refractivity contribution in [2.45, 2.75) is 19.8 Å². The quantitative estimate of drug-likeness (QED) is 0.808. The predicted molar refractivity (Wildman–Crippen MR) is 74.8 cm³/mol. The number of ether oxygens (including phenoxy) is 1. The monoisotopic (exact) mass is 323 g/mol. The van der Waals surface area contributed by atoms with Crippen LogP contribution in [0.2, 0.25) is 0 Å². The smallest absolute Gasteiger partial charge is 0.314 e. The Morgan fingerprint density at radius 2 is 2.11 bits per heavy atom. The Bertz CT molecular complexity index is 606. The molecule has 0 aliphatic carbocycles. The van der Waals surface area contributed by atoms with Gasteiger partial charge >= 0.3 is 5.97 Å². The Hall–Kier alpha value is -1.62. The van der Waals surface area contributed by atoms with Gasteiger partial charge in [-0.05, 0) is 41.9 Å². The number of esters is 1. The van der Waals surface area contributed by atoms with Crippen LogP contribution in [0.15, 0.2) is 33.2 Å². The lowest BCUT2D eigenvalue weighted by molar-refractivity contribution is -0.142. The van der Waals surface area contributed by atoms with Crippen molar-refractivity contribution in [2.75, 3.05) is 7.11 Å². The normalized spacial score (nSPS) is 12.2. The molecule has 0 spiro atoms. The zero-order valence-corrected chi connectivity index (χ0v) is 12.5. The van der Waals surface area contributed by atoms with Crippen molar-refractivity contribution in [1.82, 2.24) is 4.98 Å². The summed E-state index contributed by atoms with van der Waals surface area (Å²) in [5.41, 5.74) is 1.46. The third kappa shape index (κ3) is 2.71. The summed E-state index contributed by atoms with van der Waals surface area (Å²) >= 11 is 3.45. The van der Waals surface area contributed by atoms with E-state index in [0.717, 1.165) is 10.0 Å². The van der Waals surface area contributed by atoms with E-state index in [1.807, 2.05) is 24.3 Å². The molecule has 5 heteroatoms. The Morgan fingerprint density at radius 3 is 2.74 bits per heavy atom. The standard InChI is InChI=1S/C14H14BrNO3/c1-8(14(17)18-3)12-9(2)19-13(16-12)10-6-4-5-7-11(10)15/h4-8H,1-3H3. The lowest BCUT2D eigenvalue weighted by Gasteiger charge is -2.05. The van der Waals surface area contributed by atoms with Gasteiger partial charge in [0.05, 0.1) is 24.3 Å². The number of benzene rings is 1. The molecule has 0 bridgehead atoms. The molecule has 1 unspecified atom stereocenters. The molecule has 0 saturated heterocycles. The van der Waals surface area contributed by atoms with Crippen LogP contribution < -0.4 is 0 Å². The van der Waals surface area contributed by atoms with Crippen LogP contribution in [-0.4, -0.2) is 18.1 Å². The molecule has 0 N–H and O–H groups in total. The van der Waals surface area contributed by atoms with E-state index < -0.39 is 5.92 Å². The molecule has 1 aromatic carbocycles. The van der Waals surface area contributed by atoms with Crippen molar-refractivity contribution in [3.8, 4) is 11.5 Å². The second-order valence-electron chi connectivity index (χ2n) is 4.19. The number of aryl methyl sites for hydroxylation is 1. The molecule has 1 heterocycles. The van der Waals surface area contributed by atoms with Gasteiger partial charge in [-0.25, -0.2) is 4.98 Å². The van der Waals surface area contributed by atoms with E-state index in [4.69, 9.17) is 9.15 Å². The largest absolute Gasteiger partial charge is 0.469 e. The molecule has 2 aromatic rings. The summed E-state index contributed by atoms with van der Waals surface area (Å²) in [7, 11) is 1.36. The van der Waals surface area contributed by atoms with Gasteiger partial charge in [-0.2, -0.15) is 0 Å². The molecule has 0 saturated carbocycles. The van der Waals surface area contributed by atoms with E-state index in [9.17, 15) is 4.79 Å². The molecule has 1 atom stereocenters. The topological polar surface area (TPSA) is 52.3 Å². The van der Waals surface area contributed by atoms with Gasteiger partial charge in [0.2, 0.25) is 5.89 Å². The van der Waals surface area contributed by atoms with Crippen LogP contribution in [-0.2, 0) is 9.53 Å². The fourth-order valence-corrected chi connectivity index (χ4v) is 2.30. The summed E-state index contributed by atoms with van der Waals surface area (Å²) in [6, 6.07) is 7.64. The average molecular weight is 324 g/mol. The van der Waals surface area contributed by atoms with Crippen LogP contribution in [0.5, 0.6) is 0 Å². The lowest BCUT2D eigenvalue weighted by atomic mass is 10.1. The Kier molecular flexibility index (Phi) is 4.04. The maximum absolute atomic E-state index is 11.6. The molecule has 0 fully saturated rings. The van der Waals surface area contributed by atoms with Gasteiger partial charge in [0.25, 0.3) is 0 Å². The fraction of sp³-hybridized carbons (Fsp3) is 0.286. The summed E-state index contributed by atoms with van der Waals surface area (Å²) in [4.78, 5) is 16.0. The number of nitrogens with zero attached hydrogens (tertiary/aromatic N) is 1. The van der Waals surface area contributed by atoms with Crippen LogP contribution in [0.1, 0.15) is 24.3 Å². The SMILES string of the molecule is COC(=O)C(C)c1nc(-c2ccccc2Br)oc1C. The number of hydrogen-bond donors (Lipinski definition) is 0. The molecule has 19 heavy (non-hydrogen) atoms. The van der Waals surface area contributed by atoms with Gasteiger partial charge in [-0.15, -0.1) is 0 Å². The number of halogens is 1. The predicted octanol–water partition coefficient (Wildman–Crippen LogP) is 3.69. The van der Waals surface area contributed by atoms with Crippen LogP contribution in [0, 0.1) is 6.92 Å². The molecule has 0 amide bonds. The van der Waals surface area contributed by atoms with E-state index in [1.54, 1.807) is 13.8 Å². The first-order valence-corrected chi connectivity index (χ1v) is 6.64. The van der Waals surface area contributed by atoms with Gasteiger partial charge in [-0.3, -0.25) is 4.79 Å². The van der Waals surface area contributed by atoms with E-state index in [0.29, 0.717) is 17.3 Å². The molecule has 2 rings (SSSR count). The van der Waals surface area contributed by atoms with Crippen LogP contribution in [0.25, 0.3) is 11.5 Å². The Balaban J connectivity index is 2.42. The highest BCUT2D eigenvalue weighted by Crippen LogP contribution is 2.31. The second-order valence-corrected chi connectivity index (χ2v) is 5.04. The maximum atomic E-state index is 11.6. The first kappa shape index (κ1) is 13.8. The minimum atomic E-state index is -0.440. The van der Waals surface area contributed by atoms with E-state index in [-0.39, 0.29) is 5.97 Å². The van der Waals surface area contributed by atoms with Gasteiger partial charge in [-0.1, -0.05) is 12.1 Å². The first-order chi connectivity index (χ1) is 9.04. The van der Waals surface area contributed by atoms with Crippen molar-refractivity contribution < 1.29 is 13.9 Å². The average Bonchev–Trinajstić information content (AvgIpc) is 2.79. The molecular formula is C14H14BrNO3. The minimum Gasteiger partial charge on any atom is -0.469 e. The molecule has 4 nitrogen and oxygen atoms in total. The molecule has 0 aliphatic heterocycles. The van der Waals surface area contributed by atoms with E-state index >= 15 is 0 Å². The number of methoxy groups -OCH3 is 1. The number of rotatable bonds is 3. The highest BCUT2D eigenvalue weighted by molar-refractivity contribution is 9.10. The number of carbonyl (C=O) groups excluding carboxylic acids is 1. The number of hydrogen-bond acceptors (Lipinski definition) is 4. The van der Waals surface area contributed by atoms with Crippen molar-refractivity contribution >= 4 is 21.9 Å². The first-order valence-electron chi connectivity index (χ1n) is 5.84. The van der Waals surface area contributed by atoms with E-state index in [2.05, 4.69) is 20.9 Å². The van der Waals surface area contributed by atoms with Crippen molar-refractivity contribution in [1.29, 1.82) is 0 Å². The Morgan fingerprint density at radius 1 is 1.42 bits per heavy atom. The fourth-order valence-electron chi connectivity index (χ4n) is 1.85. The van der Waals surface area contributed by atoms with Gasteiger partial charge in [0.15, 0.2) is 0 Å². The summed E-state index contributed by atoms with van der Waals surface area (Å²) in [5, 5.41) is 0. The van der Waals surface area contributed by atoms with Gasteiger partial charge < -0.3 is 9.15 Å². The molecular weight excluding hydrogens is 310 g/mol. The third-order valence-electron chi connectivity index (χ3n) is 2.90. The van der Waals surface area contributed by atoms with E-state index in [1.165, 1.54) is 7.11 Å². The molecule has 0 aliphatic rings. The highest BCUT2D eigenvalue weighted by atomic mass is 79.9. The summed E-state index contributed by atoms with van der Waals surface area (Å²) in [6.45, 7) is 3.54. The van der Waals surface area contributed by atoms with Crippen molar-refractivity contribution in [2.24, 2.45) is 0 Å². The van der Waals surface area contributed by atoms with Crippen LogP contribution >= 0.6 is 15.9 Å². The maximum Gasteiger partial charge on any atom is 0.314 e.